The minimum absolute atomic E-state index is 0. The Morgan fingerprint density at radius 2 is 0.641 bits per heavy atom. The zero-order valence-corrected chi connectivity index (χ0v) is 28.8. The molecule has 0 fully saturated rings. The third-order valence-corrected chi connectivity index (χ3v) is 12.5. The van der Waals surface area contributed by atoms with Crippen molar-refractivity contribution in [2.75, 3.05) is 6.16 Å². The Labute approximate surface area is 255 Å². The van der Waals surface area contributed by atoms with Crippen LogP contribution in [0.1, 0.15) is 110 Å². The first-order chi connectivity index (χ1) is 18.4. The minimum atomic E-state index is -1.64. The Morgan fingerprint density at radius 1 is 0.385 bits per heavy atom. The third kappa shape index (κ3) is 12.6. The molecule has 0 aliphatic heterocycles. The fraction of sp³-hybridized carbons (Fsp3) is 0.500. The molecule has 3 rings (SSSR count). The van der Waals surface area contributed by atoms with E-state index in [1.807, 2.05) is 0 Å². The highest BCUT2D eigenvalue weighted by molar-refractivity contribution is 8.93. The maximum atomic E-state index is 2.38. The largest absolute Gasteiger partial charge is 0.153 e. The highest BCUT2D eigenvalue weighted by Gasteiger charge is 2.44. The summed E-state index contributed by atoms with van der Waals surface area (Å²) in [4.78, 5) is 0. The molecule has 0 spiro atoms. The van der Waals surface area contributed by atoms with Gasteiger partial charge in [0, 0.05) is 0 Å². The van der Waals surface area contributed by atoms with Crippen LogP contribution in [0.4, 0.5) is 0 Å². The first-order valence-electron chi connectivity index (χ1n) is 15.4. The second kappa shape index (κ2) is 22.7. The molecule has 3 aromatic carbocycles. The molecule has 216 valence electrons. The van der Waals surface area contributed by atoms with Crippen LogP contribution in [-0.4, -0.2) is 6.16 Å². The summed E-state index contributed by atoms with van der Waals surface area (Å²) in [6, 6.07) is 34.1. The summed E-state index contributed by atoms with van der Waals surface area (Å²) >= 11 is 0. The molecular weight excluding hydrogens is 574 g/mol. The van der Waals surface area contributed by atoms with Crippen molar-refractivity contribution >= 4 is 50.1 Å². The molecule has 0 nitrogen and oxygen atoms in total. The van der Waals surface area contributed by atoms with E-state index in [0.717, 1.165) is 0 Å². The molecule has 0 aliphatic rings. The lowest BCUT2D eigenvalue weighted by Crippen LogP contribution is -2.33. The van der Waals surface area contributed by atoms with Crippen molar-refractivity contribution < 1.29 is 0 Å². The summed E-state index contributed by atoms with van der Waals surface area (Å²) in [5.74, 6) is 0. The summed E-state index contributed by atoms with van der Waals surface area (Å²) < 4.78 is 0. The first kappa shape index (κ1) is 36.0. The molecule has 0 aromatic heterocycles. The van der Waals surface area contributed by atoms with Gasteiger partial charge in [0.15, 0.2) is 0 Å². The number of rotatable bonds is 20. The van der Waals surface area contributed by atoms with E-state index in [-0.39, 0.29) is 26.9 Å². The second-order valence-electron chi connectivity index (χ2n) is 10.8. The summed E-state index contributed by atoms with van der Waals surface area (Å²) in [5.41, 5.74) is 0. The summed E-state index contributed by atoms with van der Waals surface area (Å²) in [6.07, 6.45) is 24.0. The molecule has 1 atom stereocenters. The Morgan fingerprint density at radius 3 is 0.923 bits per heavy atom. The van der Waals surface area contributed by atoms with Crippen molar-refractivity contribution in [2.45, 2.75) is 110 Å². The van der Waals surface area contributed by atoms with Gasteiger partial charge in [0.25, 0.3) is 0 Å². The molecule has 0 heterocycles. The van der Waals surface area contributed by atoms with Crippen LogP contribution >= 0.6 is 34.1 Å². The van der Waals surface area contributed by atoms with Gasteiger partial charge in [-0.05, 0) is 49.2 Å². The monoisotopic (exact) mass is 629 g/mol. The topological polar surface area (TPSA) is 0 Å². The summed E-state index contributed by atoms with van der Waals surface area (Å²) in [7, 11) is -1.64. The molecular formula is C36H56BrP2+. The Bertz CT molecular complexity index is 833. The zero-order valence-electron chi connectivity index (χ0n) is 24.7. The van der Waals surface area contributed by atoms with E-state index in [0.29, 0.717) is 0 Å². The number of hydrogen-bond donors (Lipinski definition) is 0. The Hall–Kier alpha value is -1.000. The quantitative estimate of drug-likeness (QED) is 0.0861. The van der Waals surface area contributed by atoms with Crippen LogP contribution in [0.25, 0.3) is 0 Å². The van der Waals surface area contributed by atoms with E-state index in [9.17, 15) is 0 Å². The molecule has 1 unspecified atom stereocenters. The van der Waals surface area contributed by atoms with Crippen molar-refractivity contribution in [3.8, 4) is 0 Å². The van der Waals surface area contributed by atoms with E-state index < -0.39 is 7.26 Å². The van der Waals surface area contributed by atoms with Gasteiger partial charge in [-0.1, -0.05) is 151 Å². The molecule has 0 N–H and O–H groups in total. The molecule has 0 radical (unpaired) electrons. The predicted molar refractivity (Wildman–Crippen MR) is 191 cm³/mol. The van der Waals surface area contributed by atoms with Crippen LogP contribution in [0.15, 0.2) is 91.0 Å². The molecule has 0 saturated carbocycles. The van der Waals surface area contributed by atoms with Gasteiger partial charge >= 0.3 is 0 Å². The van der Waals surface area contributed by atoms with Gasteiger partial charge in [0.05, 0.1) is 6.16 Å². The van der Waals surface area contributed by atoms with Crippen LogP contribution in [-0.2, 0) is 0 Å². The van der Waals surface area contributed by atoms with E-state index >= 15 is 0 Å². The van der Waals surface area contributed by atoms with Crippen LogP contribution in [0.2, 0.25) is 0 Å². The number of halogens is 1. The third-order valence-electron chi connectivity index (χ3n) is 7.94. The average Bonchev–Trinajstić information content (AvgIpc) is 2.96. The lowest BCUT2D eigenvalue weighted by Gasteiger charge is -2.27. The van der Waals surface area contributed by atoms with Crippen molar-refractivity contribution in [3.63, 3.8) is 0 Å². The van der Waals surface area contributed by atoms with Crippen LogP contribution < -0.4 is 15.9 Å². The Kier molecular flexibility index (Phi) is 20.9. The molecule has 3 aromatic rings. The Balaban J connectivity index is 0.00000380. The lowest BCUT2D eigenvalue weighted by atomic mass is 10.0. The van der Waals surface area contributed by atoms with Gasteiger partial charge in [-0.2, -0.15) is 9.90 Å². The van der Waals surface area contributed by atoms with Gasteiger partial charge in [0.1, 0.15) is 23.2 Å². The number of unbranched alkanes of at least 4 members (excludes halogenated alkanes) is 15. The average molecular weight is 631 g/mol. The molecule has 39 heavy (non-hydrogen) atoms. The standard InChI is InChI=1S/C36H52P.BrH.H3P/c1-2-3-4-5-6-7-8-9-10-11-12-13-14-15-16-26-33-37(34-27-20-17-21-28-34,35-29-22-18-23-30-35)36-31-24-19-25-32-36;;/h17-25,27-32H,2-16,26,33H2,1H3;1H;1H3/q+1;;. The lowest BCUT2D eigenvalue weighted by molar-refractivity contribution is 0.531. The molecule has 3 heteroatoms. The number of hydrogen-bond acceptors (Lipinski definition) is 0. The van der Waals surface area contributed by atoms with Gasteiger partial charge in [0.2, 0.25) is 0 Å². The number of benzene rings is 3. The van der Waals surface area contributed by atoms with E-state index in [1.54, 1.807) is 0 Å². The molecule has 0 aliphatic carbocycles. The maximum Gasteiger partial charge on any atom is 0.112 e. The minimum Gasteiger partial charge on any atom is -0.153 e. The van der Waals surface area contributed by atoms with Crippen molar-refractivity contribution in [1.82, 2.24) is 0 Å². The molecule has 0 amide bonds. The zero-order chi connectivity index (χ0) is 25.9. The van der Waals surface area contributed by atoms with Crippen molar-refractivity contribution in [1.29, 1.82) is 0 Å². The molecule has 0 bridgehead atoms. The van der Waals surface area contributed by atoms with Gasteiger partial charge in [-0.3, -0.25) is 0 Å². The fourth-order valence-electron chi connectivity index (χ4n) is 5.78. The molecule has 0 saturated heterocycles. The van der Waals surface area contributed by atoms with Crippen LogP contribution in [0, 0.1) is 0 Å². The smallest absolute Gasteiger partial charge is 0.112 e. The first-order valence-corrected chi connectivity index (χ1v) is 17.4. The van der Waals surface area contributed by atoms with E-state index in [2.05, 4.69) is 97.9 Å². The van der Waals surface area contributed by atoms with Gasteiger partial charge in [-0.15, -0.1) is 17.0 Å². The van der Waals surface area contributed by atoms with E-state index in [1.165, 1.54) is 125 Å². The summed E-state index contributed by atoms with van der Waals surface area (Å²) in [6.45, 7) is 2.30. The van der Waals surface area contributed by atoms with E-state index in [4.69, 9.17) is 0 Å². The maximum absolute atomic E-state index is 2.38. The summed E-state index contributed by atoms with van der Waals surface area (Å²) in [5, 5.41) is 4.56. The normalized spacial score (nSPS) is 11.0. The highest BCUT2D eigenvalue weighted by Crippen LogP contribution is 2.56. The van der Waals surface area contributed by atoms with Crippen molar-refractivity contribution in [2.24, 2.45) is 0 Å². The fourth-order valence-corrected chi connectivity index (χ4v) is 10.2. The van der Waals surface area contributed by atoms with Gasteiger partial charge in [-0.25, -0.2) is 0 Å². The van der Waals surface area contributed by atoms with Gasteiger partial charge < -0.3 is 0 Å². The SMILES string of the molecule is Br.CCCCCCCCCCCCCCCCCC[P+](c1ccccc1)(c1ccccc1)c1ccccc1.P. The highest BCUT2D eigenvalue weighted by atomic mass is 79.9. The van der Waals surface area contributed by atoms with Crippen LogP contribution in [0.3, 0.4) is 0 Å². The van der Waals surface area contributed by atoms with Crippen molar-refractivity contribution in [3.05, 3.63) is 91.0 Å². The second-order valence-corrected chi connectivity index (χ2v) is 14.5. The van der Waals surface area contributed by atoms with Crippen LogP contribution in [0.5, 0.6) is 0 Å². The predicted octanol–water partition coefficient (Wildman–Crippen LogP) is 10.9.